The average Bonchev–Trinajstić information content (AvgIpc) is 2.34. The number of aromatic nitrogens is 3. The zero-order chi connectivity index (χ0) is 7.56. The quantitative estimate of drug-likeness (QED) is 0.576. The predicted molar refractivity (Wildman–Crippen MR) is 33.2 cm³/mol. The number of aromatic amines is 1. The minimum atomic E-state index is -0.453. The molecule has 0 radical (unpaired) electrons. The minimum absolute atomic E-state index is 0.353. The maximum Gasteiger partial charge on any atom is 0.344 e. The first-order valence-electron chi connectivity index (χ1n) is 2.77. The van der Waals surface area contributed by atoms with Gasteiger partial charge in [0.2, 0.25) is 0 Å². The number of nitrogens with zero attached hydrogens (tertiary/aromatic N) is 3. The summed E-state index contributed by atoms with van der Waals surface area (Å²) in [7, 11) is 0. The lowest BCUT2D eigenvalue weighted by molar-refractivity contribution is 0.647. The van der Waals surface area contributed by atoms with E-state index in [-0.39, 0.29) is 5.69 Å². The van der Waals surface area contributed by atoms with E-state index in [1.54, 1.807) is 6.92 Å². The van der Waals surface area contributed by atoms with Crippen LogP contribution in [0.5, 0.6) is 0 Å². The van der Waals surface area contributed by atoms with Gasteiger partial charge in [-0.1, -0.05) is 0 Å². The third-order valence-electron chi connectivity index (χ3n) is 1.18. The van der Waals surface area contributed by atoms with Crippen molar-refractivity contribution in [1.82, 2.24) is 14.8 Å². The molecule has 52 valence electrons. The molecule has 1 heterocycles. The van der Waals surface area contributed by atoms with Crippen LogP contribution < -0.4 is 5.69 Å². The van der Waals surface area contributed by atoms with E-state index in [4.69, 9.17) is 5.26 Å². The third-order valence-corrected chi connectivity index (χ3v) is 1.18. The van der Waals surface area contributed by atoms with Crippen molar-refractivity contribution in [3.63, 3.8) is 0 Å². The fourth-order valence-corrected chi connectivity index (χ4v) is 0.595. The first-order valence-corrected chi connectivity index (χ1v) is 2.77. The van der Waals surface area contributed by atoms with Gasteiger partial charge >= 0.3 is 5.69 Å². The van der Waals surface area contributed by atoms with Crippen molar-refractivity contribution in [2.45, 2.75) is 13.0 Å². The summed E-state index contributed by atoms with van der Waals surface area (Å²) in [6, 6.07) is 1.46. The smallest absolute Gasteiger partial charge is 0.265 e. The summed E-state index contributed by atoms with van der Waals surface area (Å²) in [6.45, 7) is 1.62. The van der Waals surface area contributed by atoms with Crippen LogP contribution in [-0.4, -0.2) is 14.8 Å². The predicted octanol–water partition coefficient (Wildman–Crippen LogP) is -0.344. The molecule has 0 aliphatic heterocycles. The molecule has 1 atom stereocenters. The lowest BCUT2D eigenvalue weighted by Crippen LogP contribution is -2.18. The van der Waals surface area contributed by atoms with Gasteiger partial charge in [-0.25, -0.2) is 9.89 Å². The van der Waals surface area contributed by atoms with Gasteiger partial charge in [-0.3, -0.25) is 4.57 Å². The average molecular weight is 138 g/mol. The van der Waals surface area contributed by atoms with Crippen LogP contribution in [0.15, 0.2) is 11.1 Å². The highest BCUT2D eigenvalue weighted by molar-refractivity contribution is 4.86. The lowest BCUT2D eigenvalue weighted by Gasteiger charge is -1.97. The van der Waals surface area contributed by atoms with Crippen molar-refractivity contribution in [3.8, 4) is 6.07 Å². The van der Waals surface area contributed by atoms with Crippen LogP contribution >= 0.6 is 0 Å². The topological polar surface area (TPSA) is 74.5 Å². The number of rotatable bonds is 1. The molecule has 0 amide bonds. The molecule has 1 N–H and O–H groups in total. The number of hydrogen-bond donors (Lipinski definition) is 1. The molecular formula is C5H6N4O. The van der Waals surface area contributed by atoms with Crippen molar-refractivity contribution < 1.29 is 0 Å². The molecule has 0 saturated heterocycles. The Kier molecular flexibility index (Phi) is 1.54. The maximum atomic E-state index is 10.7. The summed E-state index contributed by atoms with van der Waals surface area (Å²) in [5.41, 5.74) is -0.353. The second-order valence-electron chi connectivity index (χ2n) is 1.87. The molecule has 5 nitrogen and oxygen atoms in total. The summed E-state index contributed by atoms with van der Waals surface area (Å²) >= 11 is 0. The normalized spacial score (nSPS) is 12.4. The summed E-state index contributed by atoms with van der Waals surface area (Å²) in [4.78, 5) is 10.7. The van der Waals surface area contributed by atoms with Crippen molar-refractivity contribution in [3.05, 3.63) is 16.8 Å². The Bertz CT molecular complexity index is 304. The van der Waals surface area contributed by atoms with E-state index < -0.39 is 6.04 Å². The zero-order valence-corrected chi connectivity index (χ0v) is 5.40. The first kappa shape index (κ1) is 6.55. The van der Waals surface area contributed by atoms with Crippen LogP contribution in [0.2, 0.25) is 0 Å². The van der Waals surface area contributed by atoms with E-state index in [1.807, 2.05) is 6.07 Å². The summed E-state index contributed by atoms with van der Waals surface area (Å²) in [5.74, 6) is 0. The van der Waals surface area contributed by atoms with Crippen molar-refractivity contribution >= 4 is 0 Å². The molecular weight excluding hydrogens is 132 g/mol. The Balaban J connectivity index is 3.08. The number of nitrogens with one attached hydrogen (secondary N) is 1. The summed E-state index contributed by atoms with van der Waals surface area (Å²) in [5, 5.41) is 14.0. The van der Waals surface area contributed by atoms with Gasteiger partial charge in [0.1, 0.15) is 12.4 Å². The molecule has 1 unspecified atom stereocenters. The molecule has 0 saturated carbocycles. The zero-order valence-electron chi connectivity index (χ0n) is 5.40. The molecule has 10 heavy (non-hydrogen) atoms. The highest BCUT2D eigenvalue weighted by Crippen LogP contribution is 1.94. The summed E-state index contributed by atoms with van der Waals surface area (Å²) < 4.78 is 1.22. The lowest BCUT2D eigenvalue weighted by atomic mass is 10.4. The van der Waals surface area contributed by atoms with Gasteiger partial charge in [-0.15, -0.1) is 0 Å². The van der Waals surface area contributed by atoms with Crippen LogP contribution in [0.1, 0.15) is 13.0 Å². The van der Waals surface area contributed by atoms with E-state index in [0.29, 0.717) is 0 Å². The molecule has 0 spiro atoms. The molecule has 0 aliphatic rings. The third kappa shape index (κ3) is 0.910. The Labute approximate surface area is 56.9 Å². The van der Waals surface area contributed by atoms with Gasteiger partial charge in [0.25, 0.3) is 0 Å². The van der Waals surface area contributed by atoms with Crippen molar-refractivity contribution in [1.29, 1.82) is 5.26 Å². The van der Waals surface area contributed by atoms with E-state index in [1.165, 1.54) is 10.9 Å². The summed E-state index contributed by atoms with van der Waals surface area (Å²) in [6.07, 6.45) is 1.30. The number of hydrogen-bond acceptors (Lipinski definition) is 3. The SMILES string of the molecule is CC(C#N)n1cn[nH]c1=O. The van der Waals surface area contributed by atoms with E-state index in [0.717, 1.165) is 0 Å². The van der Waals surface area contributed by atoms with Gasteiger partial charge in [0.05, 0.1) is 6.07 Å². The van der Waals surface area contributed by atoms with Crippen LogP contribution in [0.25, 0.3) is 0 Å². The first-order chi connectivity index (χ1) is 4.75. The molecule has 0 aromatic carbocycles. The van der Waals surface area contributed by atoms with E-state index in [9.17, 15) is 4.79 Å². The second-order valence-corrected chi connectivity index (χ2v) is 1.87. The monoisotopic (exact) mass is 138 g/mol. The number of H-pyrrole nitrogens is 1. The van der Waals surface area contributed by atoms with Gasteiger partial charge < -0.3 is 0 Å². The maximum absolute atomic E-state index is 10.7. The highest BCUT2D eigenvalue weighted by Gasteiger charge is 2.03. The fourth-order valence-electron chi connectivity index (χ4n) is 0.595. The Morgan fingerprint density at radius 1 is 2.00 bits per heavy atom. The molecule has 1 aromatic heterocycles. The Morgan fingerprint density at radius 2 is 2.70 bits per heavy atom. The van der Waals surface area contributed by atoms with E-state index in [2.05, 4.69) is 10.2 Å². The van der Waals surface area contributed by atoms with Crippen LogP contribution in [0.3, 0.4) is 0 Å². The van der Waals surface area contributed by atoms with Crippen LogP contribution in [-0.2, 0) is 0 Å². The standard InChI is InChI=1S/C5H6N4O/c1-4(2-6)9-3-7-8-5(9)10/h3-4H,1H3,(H,8,10). The van der Waals surface area contributed by atoms with Gasteiger partial charge in [-0.2, -0.15) is 10.4 Å². The molecule has 0 bridgehead atoms. The molecule has 1 rings (SSSR count). The Hall–Kier alpha value is -1.57. The number of nitriles is 1. The van der Waals surface area contributed by atoms with Gasteiger partial charge in [0, 0.05) is 0 Å². The molecule has 0 fully saturated rings. The largest absolute Gasteiger partial charge is 0.344 e. The highest BCUT2D eigenvalue weighted by atomic mass is 16.1. The Morgan fingerprint density at radius 3 is 3.10 bits per heavy atom. The van der Waals surface area contributed by atoms with Crippen molar-refractivity contribution in [2.24, 2.45) is 0 Å². The second kappa shape index (κ2) is 2.35. The fraction of sp³-hybridized carbons (Fsp3) is 0.400. The van der Waals surface area contributed by atoms with E-state index >= 15 is 0 Å². The minimum Gasteiger partial charge on any atom is -0.265 e. The van der Waals surface area contributed by atoms with Gasteiger partial charge in [-0.05, 0) is 6.92 Å². The van der Waals surface area contributed by atoms with Crippen LogP contribution in [0, 0.1) is 11.3 Å². The molecule has 0 aliphatic carbocycles. The van der Waals surface area contributed by atoms with Crippen molar-refractivity contribution in [2.75, 3.05) is 0 Å². The van der Waals surface area contributed by atoms with Crippen LogP contribution in [0.4, 0.5) is 0 Å². The molecule has 5 heteroatoms. The molecule has 1 aromatic rings. The van der Waals surface area contributed by atoms with Gasteiger partial charge in [0.15, 0.2) is 0 Å².